The van der Waals surface area contributed by atoms with Gasteiger partial charge in [0.05, 0.1) is 19.8 Å². The fourth-order valence-corrected chi connectivity index (χ4v) is 5.27. The molecule has 0 saturated carbocycles. The van der Waals surface area contributed by atoms with E-state index in [-0.39, 0.29) is 0 Å². The number of aliphatic hydroxyl groups is 8. The van der Waals surface area contributed by atoms with Gasteiger partial charge in [0.15, 0.2) is 18.9 Å². The van der Waals surface area contributed by atoms with Crippen LogP contribution in [0.15, 0.2) is 0 Å². The lowest BCUT2D eigenvalue weighted by Crippen LogP contribution is -2.71. The topological polar surface area (TPSA) is 295 Å². The van der Waals surface area contributed by atoms with Gasteiger partial charge in [0.2, 0.25) is 17.7 Å². The Morgan fingerprint density at radius 2 is 0.977 bits per heavy atom. The van der Waals surface area contributed by atoms with E-state index >= 15 is 0 Å². The van der Waals surface area contributed by atoms with Crippen molar-refractivity contribution in [2.45, 2.75) is 113 Å². The van der Waals surface area contributed by atoms with Crippen LogP contribution in [-0.2, 0) is 38.1 Å². The summed E-state index contributed by atoms with van der Waals surface area (Å²) in [7, 11) is 0. The maximum atomic E-state index is 12.1. The molecule has 0 aromatic rings. The van der Waals surface area contributed by atoms with Gasteiger partial charge in [0, 0.05) is 20.8 Å². The molecule has 19 nitrogen and oxygen atoms in total. The molecule has 0 spiro atoms. The molecule has 248 valence electrons. The van der Waals surface area contributed by atoms with Gasteiger partial charge in [-0.15, -0.1) is 0 Å². The van der Waals surface area contributed by atoms with Gasteiger partial charge >= 0.3 is 0 Å². The first-order valence-corrected chi connectivity index (χ1v) is 13.5. The zero-order chi connectivity index (χ0) is 32.2. The van der Waals surface area contributed by atoms with Gasteiger partial charge in [0.1, 0.15) is 73.1 Å². The fourth-order valence-electron chi connectivity index (χ4n) is 5.27. The maximum Gasteiger partial charge on any atom is 0.217 e. The van der Waals surface area contributed by atoms with E-state index in [0.29, 0.717) is 0 Å². The maximum absolute atomic E-state index is 12.1. The predicted molar refractivity (Wildman–Crippen MR) is 136 cm³/mol. The quantitative estimate of drug-likeness (QED) is 0.107. The lowest BCUT2D eigenvalue weighted by Gasteiger charge is -2.50. The summed E-state index contributed by atoms with van der Waals surface area (Å²) in [6, 6.07) is -4.33. The van der Waals surface area contributed by atoms with E-state index in [1.54, 1.807) is 0 Å². The van der Waals surface area contributed by atoms with Crippen molar-refractivity contribution in [2.75, 3.05) is 19.8 Å². The van der Waals surface area contributed by atoms with Crippen molar-refractivity contribution in [2.24, 2.45) is 0 Å². The van der Waals surface area contributed by atoms with E-state index in [4.69, 9.17) is 23.7 Å². The Bertz CT molecular complexity index is 962. The Labute approximate surface area is 245 Å². The molecule has 0 unspecified atom stereocenters. The minimum Gasteiger partial charge on any atom is -0.394 e. The third kappa shape index (κ3) is 8.14. The number of rotatable bonds is 10. The van der Waals surface area contributed by atoms with E-state index < -0.39 is 129 Å². The smallest absolute Gasteiger partial charge is 0.217 e. The van der Waals surface area contributed by atoms with Crippen LogP contribution in [0.5, 0.6) is 0 Å². The van der Waals surface area contributed by atoms with Crippen molar-refractivity contribution in [1.29, 1.82) is 0 Å². The highest BCUT2D eigenvalue weighted by atomic mass is 16.7. The molecule has 0 aliphatic carbocycles. The minimum atomic E-state index is -1.78. The fraction of sp³-hybridized carbons (Fsp3) is 0.875. The van der Waals surface area contributed by atoms with Gasteiger partial charge in [-0.1, -0.05) is 0 Å². The third-order valence-corrected chi connectivity index (χ3v) is 7.30. The second kappa shape index (κ2) is 15.3. The number of carbonyl (C=O) groups is 3. The molecule has 3 rings (SSSR count). The second-order valence-electron chi connectivity index (χ2n) is 10.5. The summed E-state index contributed by atoms with van der Waals surface area (Å²) in [5, 5.41) is 90.0. The molecule has 0 aromatic carbocycles. The van der Waals surface area contributed by atoms with Crippen LogP contribution in [0.2, 0.25) is 0 Å². The Morgan fingerprint density at radius 3 is 1.47 bits per heavy atom. The number of ether oxygens (including phenoxy) is 5. The van der Waals surface area contributed by atoms with Gasteiger partial charge in [-0.05, 0) is 0 Å². The van der Waals surface area contributed by atoms with E-state index in [0.717, 1.165) is 20.8 Å². The molecule has 3 fully saturated rings. The zero-order valence-electron chi connectivity index (χ0n) is 23.6. The van der Waals surface area contributed by atoms with Gasteiger partial charge < -0.3 is 80.5 Å². The molecule has 3 aliphatic heterocycles. The van der Waals surface area contributed by atoms with E-state index in [2.05, 4.69) is 16.0 Å². The van der Waals surface area contributed by atoms with Gasteiger partial charge in [-0.25, -0.2) is 0 Å². The molecular formula is C24H41N3O16. The van der Waals surface area contributed by atoms with E-state index in [9.17, 15) is 55.2 Å². The number of hydrogen-bond acceptors (Lipinski definition) is 16. The van der Waals surface area contributed by atoms with Crippen molar-refractivity contribution in [3.05, 3.63) is 0 Å². The minimum absolute atomic E-state index is 0.643. The van der Waals surface area contributed by atoms with Crippen LogP contribution in [0.4, 0.5) is 0 Å². The summed E-state index contributed by atoms with van der Waals surface area (Å²) >= 11 is 0. The van der Waals surface area contributed by atoms with Crippen LogP contribution in [0, 0.1) is 0 Å². The molecule has 43 heavy (non-hydrogen) atoms. The summed E-state index contributed by atoms with van der Waals surface area (Å²) in [5.41, 5.74) is 0. The first-order valence-electron chi connectivity index (χ1n) is 13.5. The molecule has 0 radical (unpaired) electrons. The van der Waals surface area contributed by atoms with Crippen LogP contribution in [0.3, 0.4) is 0 Å². The molecule has 3 amide bonds. The monoisotopic (exact) mass is 627 g/mol. The van der Waals surface area contributed by atoms with Crippen LogP contribution in [0.25, 0.3) is 0 Å². The van der Waals surface area contributed by atoms with Gasteiger partial charge in [-0.3, -0.25) is 14.4 Å². The first-order chi connectivity index (χ1) is 20.2. The van der Waals surface area contributed by atoms with E-state index in [1.807, 2.05) is 0 Å². The van der Waals surface area contributed by atoms with Crippen LogP contribution < -0.4 is 16.0 Å². The van der Waals surface area contributed by atoms with Crippen LogP contribution in [0.1, 0.15) is 20.8 Å². The van der Waals surface area contributed by atoms with Crippen LogP contribution in [-0.4, -0.2) is 170 Å². The van der Waals surface area contributed by atoms with E-state index in [1.165, 1.54) is 0 Å². The normalized spacial score (nSPS) is 43.5. The molecule has 3 heterocycles. The molecule has 15 atom stereocenters. The van der Waals surface area contributed by atoms with Crippen molar-refractivity contribution in [3.8, 4) is 0 Å². The highest BCUT2D eigenvalue weighted by Crippen LogP contribution is 2.32. The van der Waals surface area contributed by atoms with Gasteiger partial charge in [0.25, 0.3) is 0 Å². The number of carbonyl (C=O) groups excluding carboxylic acids is 3. The summed E-state index contributed by atoms with van der Waals surface area (Å²) in [6.45, 7) is 0.996. The molecule has 0 aromatic heterocycles. The van der Waals surface area contributed by atoms with Crippen molar-refractivity contribution >= 4 is 17.7 Å². The zero-order valence-corrected chi connectivity index (χ0v) is 23.6. The highest BCUT2D eigenvalue weighted by Gasteiger charge is 2.54. The van der Waals surface area contributed by atoms with Gasteiger partial charge in [-0.2, -0.15) is 0 Å². The number of amides is 3. The van der Waals surface area contributed by atoms with Crippen molar-refractivity contribution < 1.29 is 78.9 Å². The molecule has 0 bridgehead atoms. The predicted octanol–water partition coefficient (Wildman–Crippen LogP) is -7.14. The molecule has 3 saturated heterocycles. The molecule has 3 aliphatic rings. The molecule has 11 N–H and O–H groups in total. The first kappa shape index (κ1) is 35.4. The van der Waals surface area contributed by atoms with Crippen LogP contribution >= 0.6 is 0 Å². The second-order valence-corrected chi connectivity index (χ2v) is 10.5. The summed E-state index contributed by atoms with van der Waals surface area (Å²) in [5.74, 6) is -1.98. The summed E-state index contributed by atoms with van der Waals surface area (Å²) < 4.78 is 28.2. The molecular weight excluding hydrogens is 586 g/mol. The third-order valence-electron chi connectivity index (χ3n) is 7.30. The number of aliphatic hydroxyl groups excluding tert-OH is 8. The average Bonchev–Trinajstić information content (AvgIpc) is 2.94. The number of nitrogens with one attached hydrogen (secondary N) is 3. The lowest BCUT2D eigenvalue weighted by atomic mass is 9.93. The summed E-state index contributed by atoms with van der Waals surface area (Å²) in [4.78, 5) is 35.7. The van der Waals surface area contributed by atoms with Crippen molar-refractivity contribution in [3.63, 3.8) is 0 Å². The lowest BCUT2D eigenvalue weighted by molar-refractivity contribution is -0.349. The SMILES string of the molecule is CC(=O)N[C@@H]1[C@@H](O[C@H]2O[C@H](CO)[C@H](O[C@@H]3O[C@H](CO)[C@H](O)[C@H](O)[C@H]3NC(C)=O)[C@H](O)[C@H]2NC(C)=O)[C@@H](O)[C@@H](CO)O[C@H]1O. The Hall–Kier alpha value is -2.11. The highest BCUT2D eigenvalue weighted by molar-refractivity contribution is 5.74. The Kier molecular flexibility index (Phi) is 12.5. The largest absolute Gasteiger partial charge is 0.394 e. The average molecular weight is 628 g/mol. The number of hydrogen-bond donors (Lipinski definition) is 11. The van der Waals surface area contributed by atoms with Crippen molar-refractivity contribution in [1.82, 2.24) is 16.0 Å². The Balaban J connectivity index is 1.92. The summed E-state index contributed by atoms with van der Waals surface area (Å²) in [6.07, 6.45) is -19.1. The standard InChI is InChI=1S/C24H41N3O16/c1-7(31)25-13-18(36)16(34)10(4-28)40-23(13)42-20-12(6-30)41-24(14(19(20)37)26-8(2)32)43-21-15(27-9(3)33)22(38)39-11(5-29)17(21)35/h10-24,28-30,34-38H,4-6H2,1-3H3,(H,25,31)(H,26,32)(H,27,33)/t10-,11-,12-,13-,14-,15-,16+,17+,18-,19-,20+,21-,22-,23+,24-/m1/s1. The Morgan fingerprint density at radius 1 is 0.558 bits per heavy atom. The molecule has 19 heteroatoms.